The van der Waals surface area contributed by atoms with Crippen LogP contribution < -0.4 is 5.32 Å². The van der Waals surface area contributed by atoms with Crippen LogP contribution in [0.2, 0.25) is 0 Å². The van der Waals surface area contributed by atoms with Crippen molar-refractivity contribution in [1.29, 1.82) is 0 Å². The van der Waals surface area contributed by atoms with Crippen LogP contribution in [0.1, 0.15) is 38.8 Å². The highest BCUT2D eigenvalue weighted by Crippen LogP contribution is 2.23. The van der Waals surface area contributed by atoms with Crippen molar-refractivity contribution in [3.8, 4) is 0 Å². The van der Waals surface area contributed by atoms with Gasteiger partial charge in [0, 0.05) is 26.2 Å². The number of nitrogens with one attached hydrogen (secondary N) is 1. The maximum absolute atomic E-state index is 5.98. The molecule has 1 fully saturated rings. The number of nitrogens with zero attached hydrogens (tertiary/aromatic N) is 1. The van der Waals surface area contributed by atoms with Gasteiger partial charge in [-0.15, -0.1) is 0 Å². The Bertz CT molecular complexity index is 431. The van der Waals surface area contributed by atoms with Crippen LogP contribution in [-0.4, -0.2) is 36.2 Å². The minimum absolute atomic E-state index is 0.0473. The molecular formula is C17H28N2O. The first kappa shape index (κ1) is 15.5. The van der Waals surface area contributed by atoms with Gasteiger partial charge in [-0.3, -0.25) is 4.90 Å². The molecule has 2 rings (SSSR count). The van der Waals surface area contributed by atoms with Crippen LogP contribution in [0.3, 0.4) is 0 Å². The van der Waals surface area contributed by atoms with E-state index in [1.807, 2.05) is 0 Å². The van der Waals surface area contributed by atoms with Gasteiger partial charge in [-0.05, 0) is 38.4 Å². The molecule has 1 saturated heterocycles. The van der Waals surface area contributed by atoms with E-state index in [1.54, 1.807) is 0 Å². The fourth-order valence-electron chi connectivity index (χ4n) is 3.09. The van der Waals surface area contributed by atoms with Crippen LogP contribution >= 0.6 is 0 Å². The molecule has 1 aliphatic heterocycles. The highest BCUT2D eigenvalue weighted by molar-refractivity contribution is 5.27. The van der Waals surface area contributed by atoms with Crippen LogP contribution in [-0.2, 0) is 17.8 Å². The molecule has 0 bridgehead atoms. The minimum atomic E-state index is -0.0473. The van der Waals surface area contributed by atoms with Gasteiger partial charge >= 0.3 is 0 Å². The van der Waals surface area contributed by atoms with Gasteiger partial charge in [-0.2, -0.15) is 0 Å². The fourth-order valence-corrected chi connectivity index (χ4v) is 3.09. The number of rotatable bonds is 5. The van der Waals surface area contributed by atoms with Crippen molar-refractivity contribution in [2.45, 2.75) is 52.5 Å². The van der Waals surface area contributed by atoms with Crippen molar-refractivity contribution in [1.82, 2.24) is 10.2 Å². The predicted molar refractivity (Wildman–Crippen MR) is 83.7 cm³/mol. The van der Waals surface area contributed by atoms with Crippen molar-refractivity contribution in [3.63, 3.8) is 0 Å². The van der Waals surface area contributed by atoms with Gasteiger partial charge in [0.25, 0.3) is 0 Å². The molecule has 1 aromatic carbocycles. The summed E-state index contributed by atoms with van der Waals surface area (Å²) in [5, 5.41) is 3.42. The summed E-state index contributed by atoms with van der Waals surface area (Å²) in [5.41, 5.74) is 2.79. The number of morpholine rings is 1. The van der Waals surface area contributed by atoms with Crippen molar-refractivity contribution in [3.05, 3.63) is 35.4 Å². The van der Waals surface area contributed by atoms with E-state index >= 15 is 0 Å². The lowest BCUT2D eigenvalue weighted by molar-refractivity contribution is -0.130. The van der Waals surface area contributed by atoms with E-state index in [1.165, 1.54) is 11.1 Å². The second kappa shape index (κ2) is 6.70. The molecule has 1 atom stereocenters. The average molecular weight is 276 g/mol. The molecule has 1 aromatic rings. The van der Waals surface area contributed by atoms with E-state index in [9.17, 15) is 0 Å². The normalized spacial score (nSPS) is 22.9. The number of hydrogen-bond acceptors (Lipinski definition) is 3. The Labute approximate surface area is 123 Å². The van der Waals surface area contributed by atoms with Crippen molar-refractivity contribution >= 4 is 0 Å². The zero-order chi connectivity index (χ0) is 14.6. The molecule has 112 valence electrons. The van der Waals surface area contributed by atoms with Gasteiger partial charge in [-0.25, -0.2) is 0 Å². The molecule has 0 amide bonds. The summed E-state index contributed by atoms with van der Waals surface area (Å²) in [6.07, 6.45) is 0.305. The van der Waals surface area contributed by atoms with Crippen LogP contribution in [0.5, 0.6) is 0 Å². The second-order valence-electron chi connectivity index (χ2n) is 6.41. The Morgan fingerprint density at radius 1 is 1.30 bits per heavy atom. The van der Waals surface area contributed by atoms with Crippen molar-refractivity contribution in [2.24, 2.45) is 0 Å². The Kier molecular flexibility index (Phi) is 5.19. The van der Waals surface area contributed by atoms with Crippen LogP contribution in [0.25, 0.3) is 0 Å². The van der Waals surface area contributed by atoms with E-state index < -0.39 is 0 Å². The lowest BCUT2D eigenvalue weighted by Crippen LogP contribution is -2.51. The zero-order valence-electron chi connectivity index (χ0n) is 13.3. The fraction of sp³-hybridized carbons (Fsp3) is 0.647. The maximum atomic E-state index is 5.98. The lowest BCUT2D eigenvalue weighted by Gasteiger charge is -2.42. The zero-order valence-corrected chi connectivity index (χ0v) is 13.3. The molecular weight excluding hydrogens is 248 g/mol. The molecule has 3 heteroatoms. The first-order valence-electron chi connectivity index (χ1n) is 7.68. The summed E-state index contributed by atoms with van der Waals surface area (Å²) in [7, 11) is 0. The number of benzene rings is 1. The van der Waals surface area contributed by atoms with Crippen LogP contribution in [0, 0.1) is 0 Å². The molecule has 1 aliphatic rings. The Morgan fingerprint density at radius 3 is 2.65 bits per heavy atom. The highest BCUT2D eigenvalue weighted by atomic mass is 16.5. The topological polar surface area (TPSA) is 24.5 Å². The second-order valence-corrected chi connectivity index (χ2v) is 6.41. The summed E-state index contributed by atoms with van der Waals surface area (Å²) in [4.78, 5) is 2.51. The highest BCUT2D eigenvalue weighted by Gasteiger charge is 2.31. The van der Waals surface area contributed by atoms with Gasteiger partial charge in [-0.1, -0.05) is 31.2 Å². The van der Waals surface area contributed by atoms with E-state index in [0.29, 0.717) is 6.10 Å². The third-order valence-electron chi connectivity index (χ3n) is 3.72. The molecule has 1 N–H and O–H groups in total. The quantitative estimate of drug-likeness (QED) is 0.895. The van der Waals surface area contributed by atoms with Gasteiger partial charge in [0.2, 0.25) is 0 Å². The lowest BCUT2D eigenvalue weighted by atomic mass is 10.0. The van der Waals surface area contributed by atoms with Gasteiger partial charge in [0.1, 0.15) is 0 Å². The van der Waals surface area contributed by atoms with Gasteiger partial charge < -0.3 is 10.1 Å². The molecule has 0 spiro atoms. The molecule has 0 saturated carbocycles. The van der Waals surface area contributed by atoms with E-state index in [2.05, 4.69) is 62.2 Å². The summed E-state index contributed by atoms with van der Waals surface area (Å²) >= 11 is 0. The number of hydrogen-bond donors (Lipinski definition) is 1. The molecule has 0 radical (unpaired) electrons. The summed E-state index contributed by atoms with van der Waals surface area (Å²) in [6, 6.07) is 8.74. The van der Waals surface area contributed by atoms with Crippen molar-refractivity contribution in [2.75, 3.05) is 19.6 Å². The Morgan fingerprint density at radius 2 is 2.00 bits per heavy atom. The van der Waals surface area contributed by atoms with Crippen LogP contribution in [0.15, 0.2) is 24.3 Å². The SMILES string of the molecule is CCNCc1ccccc1CN1CC(C)OC(C)(C)C1. The molecule has 0 aromatic heterocycles. The third-order valence-corrected chi connectivity index (χ3v) is 3.72. The van der Waals surface area contributed by atoms with E-state index in [4.69, 9.17) is 4.74 Å². The van der Waals surface area contributed by atoms with Gasteiger partial charge in [0.05, 0.1) is 11.7 Å². The maximum Gasteiger partial charge on any atom is 0.0757 e. The molecule has 0 aliphatic carbocycles. The standard InChI is InChI=1S/C17H28N2O/c1-5-18-10-15-8-6-7-9-16(15)12-19-11-14(2)20-17(3,4)13-19/h6-9,14,18H,5,10-13H2,1-4H3. The first-order chi connectivity index (χ1) is 9.50. The monoisotopic (exact) mass is 276 g/mol. The summed E-state index contributed by atoms with van der Waals surface area (Å²) in [5.74, 6) is 0. The predicted octanol–water partition coefficient (Wildman–Crippen LogP) is 2.80. The largest absolute Gasteiger partial charge is 0.370 e. The minimum Gasteiger partial charge on any atom is -0.370 e. The van der Waals surface area contributed by atoms with Crippen LogP contribution in [0.4, 0.5) is 0 Å². The first-order valence-corrected chi connectivity index (χ1v) is 7.68. The smallest absolute Gasteiger partial charge is 0.0757 e. The third kappa shape index (κ3) is 4.30. The van der Waals surface area contributed by atoms with Gasteiger partial charge in [0.15, 0.2) is 0 Å². The number of ether oxygens (including phenoxy) is 1. The summed E-state index contributed by atoms with van der Waals surface area (Å²) in [6.45, 7) is 13.7. The molecule has 20 heavy (non-hydrogen) atoms. The summed E-state index contributed by atoms with van der Waals surface area (Å²) < 4.78 is 5.98. The Hall–Kier alpha value is -0.900. The van der Waals surface area contributed by atoms with E-state index in [-0.39, 0.29) is 5.60 Å². The Balaban J connectivity index is 2.05. The van der Waals surface area contributed by atoms with E-state index in [0.717, 1.165) is 32.7 Å². The van der Waals surface area contributed by atoms with Crippen molar-refractivity contribution < 1.29 is 4.74 Å². The molecule has 3 nitrogen and oxygen atoms in total. The average Bonchev–Trinajstić information content (AvgIpc) is 2.35. The molecule has 1 heterocycles. The molecule has 1 unspecified atom stereocenters.